The third-order valence-electron chi connectivity index (χ3n) is 4.05. The van der Waals surface area contributed by atoms with Gasteiger partial charge in [0.2, 0.25) is 0 Å². The summed E-state index contributed by atoms with van der Waals surface area (Å²) < 4.78 is 0. The van der Waals surface area contributed by atoms with Gasteiger partial charge in [0.05, 0.1) is 18.1 Å². The summed E-state index contributed by atoms with van der Waals surface area (Å²) in [6, 6.07) is 1.00. The van der Waals surface area contributed by atoms with Gasteiger partial charge >= 0.3 is 0 Å². The Bertz CT molecular complexity index is 417. The third kappa shape index (κ3) is 4.64. The van der Waals surface area contributed by atoms with E-state index in [1.807, 2.05) is 12.4 Å². The molecule has 118 valence electrons. The van der Waals surface area contributed by atoms with Crippen LogP contribution in [0.1, 0.15) is 39.3 Å². The van der Waals surface area contributed by atoms with Crippen molar-refractivity contribution in [3.63, 3.8) is 0 Å². The predicted molar refractivity (Wildman–Crippen MR) is 87.5 cm³/mol. The van der Waals surface area contributed by atoms with Crippen LogP contribution >= 0.6 is 0 Å². The van der Waals surface area contributed by atoms with Crippen molar-refractivity contribution < 1.29 is 0 Å². The maximum atomic E-state index is 4.65. The summed E-state index contributed by atoms with van der Waals surface area (Å²) in [5.74, 6) is 1.02. The average Bonchev–Trinajstić information content (AvgIpc) is 2.67. The Kier molecular flexibility index (Phi) is 5.94. The summed E-state index contributed by atoms with van der Waals surface area (Å²) in [4.78, 5) is 14.1. The monoisotopic (exact) mass is 291 g/mol. The molecule has 0 bridgehead atoms. The van der Waals surface area contributed by atoms with Crippen molar-refractivity contribution >= 4 is 5.82 Å². The SMILES string of the molecule is CCC1CN(C)CCCN1c1cnc(CNC(C)C)cn1. The highest BCUT2D eigenvalue weighted by Crippen LogP contribution is 2.19. The Morgan fingerprint density at radius 3 is 2.71 bits per heavy atom. The highest BCUT2D eigenvalue weighted by Gasteiger charge is 2.23. The van der Waals surface area contributed by atoms with E-state index in [2.05, 4.69) is 52.9 Å². The first-order chi connectivity index (χ1) is 10.1. The van der Waals surface area contributed by atoms with Gasteiger partial charge in [0, 0.05) is 31.7 Å². The second-order valence-electron chi connectivity index (χ2n) is 6.27. The Balaban J connectivity index is 2.05. The maximum Gasteiger partial charge on any atom is 0.147 e. The van der Waals surface area contributed by atoms with E-state index in [1.165, 1.54) is 6.42 Å². The molecule has 2 rings (SSSR count). The van der Waals surface area contributed by atoms with Crippen LogP contribution in [-0.2, 0) is 6.54 Å². The van der Waals surface area contributed by atoms with Gasteiger partial charge in [-0.2, -0.15) is 0 Å². The molecular formula is C16H29N5. The molecule has 1 aromatic heterocycles. The average molecular weight is 291 g/mol. The van der Waals surface area contributed by atoms with Crippen molar-refractivity contribution in [1.82, 2.24) is 20.2 Å². The Hall–Kier alpha value is -1.20. The van der Waals surface area contributed by atoms with Gasteiger partial charge in [0.1, 0.15) is 5.82 Å². The van der Waals surface area contributed by atoms with Gasteiger partial charge in [-0.15, -0.1) is 0 Å². The molecule has 5 heteroatoms. The van der Waals surface area contributed by atoms with Gasteiger partial charge < -0.3 is 15.1 Å². The minimum Gasteiger partial charge on any atom is -0.351 e. The lowest BCUT2D eigenvalue weighted by atomic mass is 10.2. The minimum atomic E-state index is 0.470. The van der Waals surface area contributed by atoms with Crippen molar-refractivity contribution in [2.45, 2.75) is 52.2 Å². The summed E-state index contributed by atoms with van der Waals surface area (Å²) in [5.41, 5.74) is 1.01. The van der Waals surface area contributed by atoms with Crippen LogP contribution in [-0.4, -0.2) is 53.6 Å². The third-order valence-corrected chi connectivity index (χ3v) is 4.05. The van der Waals surface area contributed by atoms with Gasteiger partial charge in [-0.25, -0.2) is 4.98 Å². The zero-order valence-corrected chi connectivity index (χ0v) is 13.8. The number of rotatable bonds is 5. The van der Waals surface area contributed by atoms with Crippen LogP contribution in [0, 0.1) is 0 Å². The van der Waals surface area contributed by atoms with Crippen LogP contribution in [0.3, 0.4) is 0 Å². The molecule has 1 N–H and O–H groups in total. The van der Waals surface area contributed by atoms with E-state index in [0.29, 0.717) is 12.1 Å². The molecule has 1 atom stereocenters. The van der Waals surface area contributed by atoms with Crippen LogP contribution in [0.2, 0.25) is 0 Å². The highest BCUT2D eigenvalue weighted by atomic mass is 15.3. The summed E-state index contributed by atoms with van der Waals surface area (Å²) >= 11 is 0. The second-order valence-corrected chi connectivity index (χ2v) is 6.27. The first-order valence-corrected chi connectivity index (χ1v) is 8.09. The molecule has 0 saturated carbocycles. The summed E-state index contributed by atoms with van der Waals surface area (Å²) in [5, 5.41) is 3.37. The number of hydrogen-bond donors (Lipinski definition) is 1. The van der Waals surface area contributed by atoms with E-state index < -0.39 is 0 Å². The Morgan fingerprint density at radius 2 is 2.10 bits per heavy atom. The number of anilines is 1. The van der Waals surface area contributed by atoms with Gasteiger partial charge in [-0.3, -0.25) is 4.98 Å². The first-order valence-electron chi connectivity index (χ1n) is 8.09. The Morgan fingerprint density at radius 1 is 1.29 bits per heavy atom. The van der Waals surface area contributed by atoms with Crippen molar-refractivity contribution in [2.75, 3.05) is 31.6 Å². The molecular weight excluding hydrogens is 262 g/mol. The quantitative estimate of drug-likeness (QED) is 0.897. The molecule has 0 aromatic carbocycles. The fraction of sp³-hybridized carbons (Fsp3) is 0.750. The molecule has 1 unspecified atom stereocenters. The molecule has 5 nitrogen and oxygen atoms in total. The van der Waals surface area contributed by atoms with Crippen molar-refractivity contribution in [3.05, 3.63) is 18.1 Å². The topological polar surface area (TPSA) is 44.3 Å². The minimum absolute atomic E-state index is 0.470. The number of likely N-dealkylation sites (N-methyl/N-ethyl adjacent to an activating group) is 1. The summed E-state index contributed by atoms with van der Waals surface area (Å²) in [6.07, 6.45) is 6.17. The molecule has 1 fully saturated rings. The fourth-order valence-corrected chi connectivity index (χ4v) is 2.79. The molecule has 0 amide bonds. The molecule has 1 aromatic rings. The lowest BCUT2D eigenvalue weighted by molar-refractivity contribution is 0.327. The van der Waals surface area contributed by atoms with E-state index in [-0.39, 0.29) is 0 Å². The lowest BCUT2D eigenvalue weighted by Gasteiger charge is -2.31. The molecule has 0 aliphatic carbocycles. The van der Waals surface area contributed by atoms with Gasteiger partial charge in [-0.1, -0.05) is 20.8 Å². The fourth-order valence-electron chi connectivity index (χ4n) is 2.79. The molecule has 1 saturated heterocycles. The van der Waals surface area contributed by atoms with Gasteiger partial charge in [0.15, 0.2) is 0 Å². The lowest BCUT2D eigenvalue weighted by Crippen LogP contribution is -2.40. The van der Waals surface area contributed by atoms with E-state index >= 15 is 0 Å². The molecule has 2 heterocycles. The largest absolute Gasteiger partial charge is 0.351 e. The molecule has 0 spiro atoms. The molecule has 1 aliphatic heterocycles. The van der Waals surface area contributed by atoms with Crippen LogP contribution in [0.4, 0.5) is 5.82 Å². The Labute approximate surface area is 128 Å². The van der Waals surface area contributed by atoms with Crippen LogP contribution < -0.4 is 10.2 Å². The zero-order valence-electron chi connectivity index (χ0n) is 13.8. The standard InChI is InChI=1S/C16H29N5/c1-5-15-12-20(4)7-6-8-21(15)16-11-18-14(10-19-16)9-17-13(2)3/h10-11,13,15,17H,5-9,12H2,1-4H3. The highest BCUT2D eigenvalue weighted by molar-refractivity contribution is 5.38. The molecule has 21 heavy (non-hydrogen) atoms. The van der Waals surface area contributed by atoms with Crippen LogP contribution in [0.15, 0.2) is 12.4 Å². The smallest absolute Gasteiger partial charge is 0.147 e. The zero-order chi connectivity index (χ0) is 15.2. The number of aromatic nitrogens is 2. The predicted octanol–water partition coefficient (Wildman–Crippen LogP) is 1.90. The van der Waals surface area contributed by atoms with E-state index in [0.717, 1.165) is 44.1 Å². The normalized spacial score (nSPS) is 20.8. The number of nitrogens with one attached hydrogen (secondary N) is 1. The maximum absolute atomic E-state index is 4.65. The number of nitrogens with zero attached hydrogens (tertiary/aromatic N) is 4. The van der Waals surface area contributed by atoms with Gasteiger partial charge in [-0.05, 0) is 26.4 Å². The van der Waals surface area contributed by atoms with Crippen molar-refractivity contribution in [1.29, 1.82) is 0 Å². The van der Waals surface area contributed by atoms with Crippen molar-refractivity contribution in [3.8, 4) is 0 Å². The number of hydrogen-bond acceptors (Lipinski definition) is 5. The first kappa shape index (κ1) is 16.2. The second kappa shape index (κ2) is 7.71. The molecule has 0 radical (unpaired) electrons. The summed E-state index contributed by atoms with van der Waals surface area (Å²) in [6.45, 7) is 10.7. The molecule has 1 aliphatic rings. The van der Waals surface area contributed by atoms with Crippen molar-refractivity contribution in [2.24, 2.45) is 0 Å². The van der Waals surface area contributed by atoms with Gasteiger partial charge in [0.25, 0.3) is 0 Å². The van der Waals surface area contributed by atoms with E-state index in [1.54, 1.807) is 0 Å². The van der Waals surface area contributed by atoms with Crippen LogP contribution in [0.25, 0.3) is 0 Å². The summed E-state index contributed by atoms with van der Waals surface area (Å²) in [7, 11) is 2.21. The van der Waals surface area contributed by atoms with E-state index in [4.69, 9.17) is 0 Å². The van der Waals surface area contributed by atoms with E-state index in [9.17, 15) is 0 Å². The van der Waals surface area contributed by atoms with Crippen LogP contribution in [0.5, 0.6) is 0 Å².